The van der Waals surface area contributed by atoms with Gasteiger partial charge in [-0.25, -0.2) is 17.9 Å². The van der Waals surface area contributed by atoms with Gasteiger partial charge >= 0.3 is 5.97 Å². The predicted octanol–water partition coefficient (Wildman–Crippen LogP) is 2.61. The highest BCUT2D eigenvalue weighted by atomic mass is 32.2. The highest BCUT2D eigenvalue weighted by molar-refractivity contribution is 7.89. The number of carbonyl (C=O) groups excluding carboxylic acids is 2. The molecule has 1 fully saturated rings. The van der Waals surface area contributed by atoms with E-state index in [1.165, 1.54) is 36.9 Å². The van der Waals surface area contributed by atoms with Crippen molar-refractivity contribution in [2.75, 3.05) is 6.61 Å². The van der Waals surface area contributed by atoms with Gasteiger partial charge in [-0.2, -0.15) is 0 Å². The highest BCUT2D eigenvalue weighted by Crippen LogP contribution is 2.23. The number of rotatable bonds is 8. The van der Waals surface area contributed by atoms with Crippen molar-refractivity contribution in [1.82, 2.24) is 10.0 Å². The second-order valence-electron chi connectivity index (χ2n) is 7.44. The van der Waals surface area contributed by atoms with E-state index in [1.807, 2.05) is 0 Å². The van der Waals surface area contributed by atoms with E-state index in [-0.39, 0.29) is 35.6 Å². The molecule has 0 bridgehead atoms. The Bertz CT molecular complexity index is 954. The smallest absolute Gasteiger partial charge is 0.338 e. The van der Waals surface area contributed by atoms with Crippen molar-refractivity contribution in [3.8, 4) is 0 Å². The minimum absolute atomic E-state index is 0.00892. The maximum atomic E-state index is 12.3. The molecule has 1 aliphatic rings. The normalized spacial score (nSPS) is 19.2. The number of sulfonamides is 1. The Labute approximate surface area is 176 Å². The van der Waals surface area contributed by atoms with Gasteiger partial charge in [0.2, 0.25) is 10.0 Å². The molecule has 1 saturated carbocycles. The summed E-state index contributed by atoms with van der Waals surface area (Å²) in [6.45, 7) is 1.76. The summed E-state index contributed by atoms with van der Waals surface area (Å²) in [5, 5.41) is 2.92. The standard InChI is InChI=1S/C21H26N2O6S/c1-15-5-2-3-7-19(15)23-20(24)14-29-21(25)16-8-10-18(11-9-16)30(26,27)22-13-17-6-4-12-28-17/h4,6,8-12,15,19,22H,2-3,5,7,13-14H2,1H3,(H,23,24)/t15-,19-/m0/s1. The fourth-order valence-electron chi connectivity index (χ4n) is 3.43. The summed E-state index contributed by atoms with van der Waals surface area (Å²) in [4.78, 5) is 24.2. The van der Waals surface area contributed by atoms with Gasteiger partial charge in [0.25, 0.3) is 5.91 Å². The average Bonchev–Trinajstić information content (AvgIpc) is 3.26. The average molecular weight is 435 g/mol. The van der Waals surface area contributed by atoms with Gasteiger partial charge in [-0.1, -0.05) is 19.8 Å². The first-order chi connectivity index (χ1) is 14.3. The molecule has 2 N–H and O–H groups in total. The van der Waals surface area contributed by atoms with Crippen LogP contribution in [0.3, 0.4) is 0 Å². The number of furan rings is 1. The number of ether oxygens (including phenoxy) is 1. The zero-order valence-corrected chi connectivity index (χ0v) is 17.6. The molecule has 8 nitrogen and oxygen atoms in total. The lowest BCUT2D eigenvalue weighted by atomic mass is 9.86. The molecule has 2 atom stereocenters. The summed E-state index contributed by atoms with van der Waals surface area (Å²) in [5.41, 5.74) is 0.166. The van der Waals surface area contributed by atoms with Crippen molar-refractivity contribution >= 4 is 21.9 Å². The first-order valence-electron chi connectivity index (χ1n) is 9.94. The molecule has 0 unspecified atom stereocenters. The molecule has 0 aliphatic heterocycles. The third-order valence-corrected chi connectivity index (χ3v) is 6.63. The van der Waals surface area contributed by atoms with E-state index >= 15 is 0 Å². The molecule has 1 aromatic heterocycles. The fourth-order valence-corrected chi connectivity index (χ4v) is 4.42. The van der Waals surface area contributed by atoms with Crippen LogP contribution in [-0.4, -0.2) is 32.9 Å². The van der Waals surface area contributed by atoms with Gasteiger partial charge in [0.05, 0.1) is 23.3 Å². The molecule has 3 rings (SSSR count). The molecule has 0 radical (unpaired) electrons. The van der Waals surface area contributed by atoms with Gasteiger partial charge in [0, 0.05) is 6.04 Å². The van der Waals surface area contributed by atoms with E-state index < -0.39 is 16.0 Å². The van der Waals surface area contributed by atoms with Crippen LogP contribution in [0.15, 0.2) is 52.0 Å². The van der Waals surface area contributed by atoms with Crippen molar-refractivity contribution < 1.29 is 27.2 Å². The third kappa shape index (κ3) is 5.93. The van der Waals surface area contributed by atoms with E-state index in [2.05, 4.69) is 17.0 Å². The second kappa shape index (κ2) is 9.90. The molecular weight excluding hydrogens is 408 g/mol. The molecule has 0 spiro atoms. The summed E-state index contributed by atoms with van der Waals surface area (Å²) in [6.07, 6.45) is 5.73. The lowest BCUT2D eigenvalue weighted by Crippen LogP contribution is -2.42. The molecular formula is C21H26N2O6S. The minimum atomic E-state index is -3.75. The van der Waals surface area contributed by atoms with Crippen LogP contribution >= 0.6 is 0 Å². The van der Waals surface area contributed by atoms with Gasteiger partial charge in [-0.3, -0.25) is 4.79 Å². The predicted molar refractivity (Wildman–Crippen MR) is 109 cm³/mol. The van der Waals surface area contributed by atoms with Crippen molar-refractivity contribution in [2.24, 2.45) is 5.92 Å². The van der Waals surface area contributed by atoms with Gasteiger partial charge in [-0.15, -0.1) is 0 Å². The summed E-state index contributed by atoms with van der Waals surface area (Å²) in [7, 11) is -3.75. The zero-order valence-electron chi connectivity index (χ0n) is 16.8. The number of benzene rings is 1. The number of esters is 1. The Morgan fingerprint density at radius 1 is 1.13 bits per heavy atom. The van der Waals surface area contributed by atoms with Crippen LogP contribution in [0.1, 0.15) is 48.7 Å². The first kappa shape index (κ1) is 22.0. The molecule has 30 heavy (non-hydrogen) atoms. The molecule has 1 amide bonds. The molecule has 1 aliphatic carbocycles. The SMILES string of the molecule is C[C@H]1CCCC[C@@H]1NC(=O)COC(=O)c1ccc(S(=O)(=O)NCc2ccco2)cc1. The van der Waals surface area contributed by atoms with Crippen LogP contribution in [0.5, 0.6) is 0 Å². The van der Waals surface area contributed by atoms with E-state index in [4.69, 9.17) is 9.15 Å². The number of hydrogen-bond acceptors (Lipinski definition) is 6. The number of carbonyl (C=O) groups is 2. The fraction of sp³-hybridized carbons (Fsp3) is 0.429. The summed E-state index contributed by atoms with van der Waals surface area (Å²) < 4.78 is 37.2. The van der Waals surface area contributed by atoms with Crippen LogP contribution in [0.4, 0.5) is 0 Å². The van der Waals surface area contributed by atoms with Gasteiger partial charge in [0.1, 0.15) is 5.76 Å². The van der Waals surface area contributed by atoms with Crippen LogP contribution in [-0.2, 0) is 26.1 Å². The van der Waals surface area contributed by atoms with E-state index in [1.54, 1.807) is 12.1 Å². The Hall–Kier alpha value is -2.65. The lowest BCUT2D eigenvalue weighted by molar-refractivity contribution is -0.125. The monoisotopic (exact) mass is 434 g/mol. The zero-order chi connectivity index (χ0) is 21.6. The van der Waals surface area contributed by atoms with Crippen LogP contribution < -0.4 is 10.0 Å². The Morgan fingerprint density at radius 2 is 1.87 bits per heavy atom. The van der Waals surface area contributed by atoms with E-state index in [0.29, 0.717) is 11.7 Å². The largest absolute Gasteiger partial charge is 0.468 e. The Kier molecular flexibility index (Phi) is 7.28. The highest BCUT2D eigenvalue weighted by Gasteiger charge is 2.23. The van der Waals surface area contributed by atoms with E-state index in [0.717, 1.165) is 19.3 Å². The first-order valence-corrected chi connectivity index (χ1v) is 11.4. The summed E-state index contributed by atoms with van der Waals surface area (Å²) in [5.74, 6) is -0.119. The lowest BCUT2D eigenvalue weighted by Gasteiger charge is -2.29. The number of nitrogens with one attached hydrogen (secondary N) is 2. The molecule has 2 aromatic rings. The maximum absolute atomic E-state index is 12.3. The van der Waals surface area contributed by atoms with Crippen molar-refractivity contribution in [3.63, 3.8) is 0 Å². The Balaban J connectivity index is 1.50. The third-order valence-electron chi connectivity index (χ3n) is 5.21. The minimum Gasteiger partial charge on any atom is -0.468 e. The van der Waals surface area contributed by atoms with Gasteiger partial charge in [-0.05, 0) is 55.2 Å². The Morgan fingerprint density at radius 3 is 2.53 bits per heavy atom. The maximum Gasteiger partial charge on any atom is 0.338 e. The van der Waals surface area contributed by atoms with Gasteiger partial charge < -0.3 is 14.5 Å². The van der Waals surface area contributed by atoms with Crippen molar-refractivity contribution in [3.05, 3.63) is 54.0 Å². The number of hydrogen-bond donors (Lipinski definition) is 2. The second-order valence-corrected chi connectivity index (χ2v) is 9.21. The molecule has 1 aromatic carbocycles. The summed E-state index contributed by atoms with van der Waals surface area (Å²) >= 11 is 0. The summed E-state index contributed by atoms with van der Waals surface area (Å²) in [6, 6.07) is 8.77. The molecule has 9 heteroatoms. The molecule has 0 saturated heterocycles. The molecule has 1 heterocycles. The van der Waals surface area contributed by atoms with Crippen LogP contribution in [0.25, 0.3) is 0 Å². The van der Waals surface area contributed by atoms with Crippen LogP contribution in [0.2, 0.25) is 0 Å². The van der Waals surface area contributed by atoms with Crippen molar-refractivity contribution in [2.45, 2.75) is 50.1 Å². The van der Waals surface area contributed by atoms with Crippen molar-refractivity contribution in [1.29, 1.82) is 0 Å². The topological polar surface area (TPSA) is 115 Å². The van der Waals surface area contributed by atoms with Gasteiger partial charge in [0.15, 0.2) is 6.61 Å². The van der Waals surface area contributed by atoms with Crippen LogP contribution in [0, 0.1) is 5.92 Å². The number of amides is 1. The van der Waals surface area contributed by atoms with E-state index in [9.17, 15) is 18.0 Å². The molecule has 162 valence electrons. The quantitative estimate of drug-likeness (QED) is 0.617.